The van der Waals surface area contributed by atoms with Gasteiger partial charge in [-0.15, -0.1) is 0 Å². The number of nitrogens with one attached hydrogen (secondary N) is 1. The molecule has 2 unspecified atom stereocenters. The molecule has 2 atom stereocenters. The maximum Gasteiger partial charge on any atom is 0.416 e. The zero-order valence-electron chi connectivity index (χ0n) is 11.5. The zero-order chi connectivity index (χ0) is 17.1. The van der Waals surface area contributed by atoms with E-state index in [1.165, 1.54) is 6.92 Å². The molecule has 1 amide bonds. The number of rotatable bonds is 5. The minimum absolute atomic E-state index is 0.0820. The van der Waals surface area contributed by atoms with Crippen molar-refractivity contribution in [1.29, 1.82) is 0 Å². The van der Waals surface area contributed by atoms with E-state index < -0.39 is 34.8 Å². The summed E-state index contributed by atoms with van der Waals surface area (Å²) in [5.41, 5.74) is -2.87. The molecular weight excluding hydrogens is 332 g/mol. The number of hydrogen-bond donors (Lipinski definition) is 1. The Kier molecular flexibility index (Phi) is 5.77. The van der Waals surface area contributed by atoms with Crippen LogP contribution in [-0.2, 0) is 17.1 Å². The minimum atomic E-state index is -4.89. The maximum absolute atomic E-state index is 12.8. The van der Waals surface area contributed by atoms with Crippen molar-refractivity contribution < 1.29 is 31.1 Å². The number of carbonyl (C=O) groups excluding carboxylic acids is 1. The van der Waals surface area contributed by atoms with E-state index in [0.717, 1.165) is 11.8 Å². The van der Waals surface area contributed by atoms with E-state index >= 15 is 0 Å². The molecule has 1 N–H and O–H groups in total. The Bertz CT molecular complexity index is 496. The predicted octanol–water partition coefficient (Wildman–Crippen LogP) is 4.26. The third-order valence-electron chi connectivity index (χ3n) is 2.98. The molecule has 0 bridgehead atoms. The standard InChI is InChI=1S/C13H13F6NOS/c1-7(20-6-21)11(22-2)8-3-9(12(14,15)16)5-10(4-8)13(17,18)19/h3-7,11H,1-2H3,(H,20,21). The van der Waals surface area contributed by atoms with E-state index in [1.807, 2.05) is 0 Å². The molecule has 0 aliphatic heterocycles. The van der Waals surface area contributed by atoms with Gasteiger partial charge in [0.05, 0.1) is 11.1 Å². The van der Waals surface area contributed by atoms with Crippen molar-refractivity contribution in [2.45, 2.75) is 30.6 Å². The highest BCUT2D eigenvalue weighted by Gasteiger charge is 2.37. The number of thioether (sulfide) groups is 1. The molecule has 0 saturated carbocycles. The van der Waals surface area contributed by atoms with Gasteiger partial charge >= 0.3 is 12.4 Å². The van der Waals surface area contributed by atoms with E-state index in [9.17, 15) is 31.1 Å². The number of carbonyl (C=O) groups is 1. The van der Waals surface area contributed by atoms with Gasteiger partial charge in [0.2, 0.25) is 6.41 Å². The molecule has 0 radical (unpaired) electrons. The molecule has 1 rings (SSSR count). The summed E-state index contributed by atoms with van der Waals surface area (Å²) >= 11 is 1.05. The Morgan fingerprint density at radius 3 is 1.82 bits per heavy atom. The van der Waals surface area contributed by atoms with Crippen molar-refractivity contribution in [2.75, 3.05) is 6.26 Å². The molecule has 0 aliphatic carbocycles. The van der Waals surface area contributed by atoms with Gasteiger partial charge < -0.3 is 5.32 Å². The van der Waals surface area contributed by atoms with Gasteiger partial charge in [-0.25, -0.2) is 0 Å². The average molecular weight is 345 g/mol. The Morgan fingerprint density at radius 2 is 1.50 bits per heavy atom. The smallest absolute Gasteiger partial charge is 0.355 e. The van der Waals surface area contributed by atoms with Gasteiger partial charge in [0.25, 0.3) is 0 Å². The average Bonchev–Trinajstić information content (AvgIpc) is 2.37. The molecule has 2 nitrogen and oxygen atoms in total. The van der Waals surface area contributed by atoms with Crippen LogP contribution >= 0.6 is 11.8 Å². The van der Waals surface area contributed by atoms with E-state index in [2.05, 4.69) is 5.32 Å². The molecule has 124 valence electrons. The first-order chi connectivity index (χ1) is 10.0. The summed E-state index contributed by atoms with van der Waals surface area (Å²) in [5, 5.41) is 1.61. The second-order valence-corrected chi connectivity index (χ2v) is 5.55. The minimum Gasteiger partial charge on any atom is -0.355 e. The van der Waals surface area contributed by atoms with E-state index in [4.69, 9.17) is 0 Å². The van der Waals surface area contributed by atoms with Gasteiger partial charge in [-0.05, 0) is 36.9 Å². The highest BCUT2D eigenvalue weighted by atomic mass is 32.2. The first kappa shape index (κ1) is 18.7. The van der Waals surface area contributed by atoms with Crippen LogP contribution in [0.3, 0.4) is 0 Å². The molecule has 0 aromatic heterocycles. The number of halogens is 6. The lowest BCUT2D eigenvalue weighted by Gasteiger charge is -2.24. The lowest BCUT2D eigenvalue weighted by molar-refractivity contribution is -0.143. The van der Waals surface area contributed by atoms with Gasteiger partial charge in [0.15, 0.2) is 0 Å². The number of benzene rings is 1. The molecule has 22 heavy (non-hydrogen) atoms. The van der Waals surface area contributed by atoms with Crippen molar-refractivity contribution in [3.8, 4) is 0 Å². The maximum atomic E-state index is 12.8. The fourth-order valence-corrected chi connectivity index (χ4v) is 2.86. The molecule has 0 heterocycles. The molecule has 0 spiro atoms. The fourth-order valence-electron chi connectivity index (χ4n) is 1.97. The summed E-state index contributed by atoms with van der Waals surface area (Å²) in [6.07, 6.45) is -7.88. The second kappa shape index (κ2) is 6.80. The number of hydrogen-bond acceptors (Lipinski definition) is 2. The van der Waals surface area contributed by atoms with E-state index in [-0.39, 0.29) is 11.6 Å². The fraction of sp³-hybridized carbons (Fsp3) is 0.462. The van der Waals surface area contributed by atoms with Crippen molar-refractivity contribution in [3.63, 3.8) is 0 Å². The van der Waals surface area contributed by atoms with Crippen LogP contribution < -0.4 is 5.32 Å². The predicted molar refractivity (Wildman–Crippen MR) is 71.4 cm³/mol. The SMILES string of the molecule is CSC(c1cc(C(F)(F)F)cc(C(F)(F)F)c1)C(C)NC=O. The van der Waals surface area contributed by atoms with Crippen molar-refractivity contribution in [3.05, 3.63) is 34.9 Å². The van der Waals surface area contributed by atoms with Crippen LogP contribution in [0.4, 0.5) is 26.3 Å². The highest BCUT2D eigenvalue weighted by Crippen LogP contribution is 2.40. The van der Waals surface area contributed by atoms with Crippen LogP contribution in [0.15, 0.2) is 18.2 Å². The lowest BCUT2D eigenvalue weighted by atomic mass is 9.99. The third kappa shape index (κ3) is 4.56. The Balaban J connectivity index is 3.42. The summed E-state index contributed by atoms with van der Waals surface area (Å²) in [6.45, 7) is 1.50. The van der Waals surface area contributed by atoms with E-state index in [1.54, 1.807) is 6.26 Å². The Labute approximate surface area is 127 Å². The largest absolute Gasteiger partial charge is 0.416 e. The van der Waals surface area contributed by atoms with E-state index in [0.29, 0.717) is 18.5 Å². The second-order valence-electron chi connectivity index (χ2n) is 4.57. The third-order valence-corrected chi connectivity index (χ3v) is 4.17. The topological polar surface area (TPSA) is 29.1 Å². The monoisotopic (exact) mass is 345 g/mol. The quantitative estimate of drug-likeness (QED) is 0.638. The first-order valence-electron chi connectivity index (χ1n) is 6.02. The van der Waals surface area contributed by atoms with Gasteiger partial charge in [-0.2, -0.15) is 38.1 Å². The molecule has 0 aliphatic rings. The normalized spacial score (nSPS) is 15.3. The van der Waals surface area contributed by atoms with Crippen LogP contribution in [0, 0.1) is 0 Å². The molecule has 1 aromatic carbocycles. The van der Waals surface area contributed by atoms with Crippen LogP contribution in [-0.4, -0.2) is 18.7 Å². The van der Waals surface area contributed by atoms with Crippen LogP contribution in [0.1, 0.15) is 28.9 Å². The summed E-state index contributed by atoms with van der Waals surface area (Å²) in [6, 6.07) is 0.814. The zero-order valence-corrected chi connectivity index (χ0v) is 12.4. The van der Waals surface area contributed by atoms with Crippen LogP contribution in [0.2, 0.25) is 0 Å². The molecule has 9 heteroatoms. The molecule has 1 aromatic rings. The van der Waals surface area contributed by atoms with Crippen LogP contribution in [0.5, 0.6) is 0 Å². The lowest BCUT2D eigenvalue weighted by Crippen LogP contribution is -2.30. The summed E-state index contributed by atoms with van der Waals surface area (Å²) in [7, 11) is 0. The molecule has 0 fully saturated rings. The summed E-state index contributed by atoms with van der Waals surface area (Å²) < 4.78 is 76.8. The Morgan fingerprint density at radius 1 is 1.05 bits per heavy atom. The number of alkyl halides is 6. The summed E-state index contributed by atoms with van der Waals surface area (Å²) in [4.78, 5) is 10.4. The molecular formula is C13H13F6NOS. The van der Waals surface area contributed by atoms with Gasteiger partial charge in [0.1, 0.15) is 0 Å². The van der Waals surface area contributed by atoms with Gasteiger partial charge in [-0.3, -0.25) is 4.79 Å². The first-order valence-corrected chi connectivity index (χ1v) is 7.31. The van der Waals surface area contributed by atoms with Crippen molar-refractivity contribution in [2.24, 2.45) is 0 Å². The summed E-state index contributed by atoms with van der Waals surface area (Å²) in [5.74, 6) is 0. The van der Waals surface area contributed by atoms with Gasteiger partial charge in [-0.1, -0.05) is 0 Å². The van der Waals surface area contributed by atoms with Gasteiger partial charge in [0, 0.05) is 11.3 Å². The van der Waals surface area contributed by atoms with Crippen molar-refractivity contribution in [1.82, 2.24) is 5.32 Å². The molecule has 0 saturated heterocycles. The number of amides is 1. The highest BCUT2D eigenvalue weighted by molar-refractivity contribution is 7.98. The Hall–Kier alpha value is -1.38. The van der Waals surface area contributed by atoms with Crippen LogP contribution in [0.25, 0.3) is 0 Å². The van der Waals surface area contributed by atoms with Crippen molar-refractivity contribution >= 4 is 18.2 Å².